The highest BCUT2D eigenvalue weighted by atomic mass is 32.2. The summed E-state index contributed by atoms with van der Waals surface area (Å²) in [5.74, 6) is 0.187. The Bertz CT molecular complexity index is 1230. The van der Waals surface area contributed by atoms with E-state index in [0.717, 1.165) is 9.87 Å². The second-order valence-corrected chi connectivity index (χ2v) is 13.3. The molecule has 0 atom stereocenters. The highest BCUT2D eigenvalue weighted by Crippen LogP contribution is 2.40. The van der Waals surface area contributed by atoms with Crippen molar-refractivity contribution in [1.29, 1.82) is 5.41 Å². The number of Topliss-reactive ketones (excluding diaryl/α,β-unsaturated/α-hetero) is 1. The van der Waals surface area contributed by atoms with Gasteiger partial charge in [0.2, 0.25) is 10.0 Å². The van der Waals surface area contributed by atoms with Crippen LogP contribution >= 0.6 is 0 Å². The number of nitrogens with zero attached hydrogens (tertiary/aromatic N) is 2. The quantitative estimate of drug-likeness (QED) is 0.616. The van der Waals surface area contributed by atoms with Gasteiger partial charge in [-0.2, -0.15) is 0 Å². The molecule has 34 heavy (non-hydrogen) atoms. The van der Waals surface area contributed by atoms with Crippen LogP contribution in [-0.4, -0.2) is 55.0 Å². The van der Waals surface area contributed by atoms with E-state index < -0.39 is 10.0 Å². The first-order valence-corrected chi connectivity index (χ1v) is 12.7. The monoisotopic (exact) mass is 485 g/mol. The number of rotatable bonds is 5. The molecule has 1 heterocycles. The number of carbonyl (C=O) groups is 1. The predicted octanol–water partition coefficient (Wildman–Crippen LogP) is 4.26. The maximum atomic E-state index is 13.4. The number of ketones is 1. The lowest BCUT2D eigenvalue weighted by Gasteiger charge is -2.28. The number of sulfonamides is 1. The minimum atomic E-state index is -3.62. The zero-order chi connectivity index (χ0) is 25.8. The third-order valence-electron chi connectivity index (χ3n) is 6.17. The first-order chi connectivity index (χ1) is 15.4. The van der Waals surface area contributed by atoms with Crippen molar-refractivity contribution in [3.8, 4) is 5.75 Å². The maximum absolute atomic E-state index is 13.4. The molecule has 0 bridgehead atoms. The van der Waals surface area contributed by atoms with Crippen molar-refractivity contribution < 1.29 is 18.3 Å². The van der Waals surface area contributed by atoms with Gasteiger partial charge in [-0.3, -0.25) is 10.2 Å². The van der Waals surface area contributed by atoms with Crippen LogP contribution in [0.15, 0.2) is 35.2 Å². The number of nitrogens with one attached hydrogen (secondary N) is 1. The standard InChI is InChI=1S/C26H35N3O4S/c1-25(2,3)20-11-17(12-21(23(20)31)26(4,5)6)22(30)15-29-14-16-9-10-18(13-19(16)24(29)27)34(32,33)28(7)8/h9-13,27,31H,14-15H2,1-8H3. The fraction of sp³-hybridized carbons (Fsp3) is 0.462. The van der Waals surface area contributed by atoms with Crippen molar-refractivity contribution >= 4 is 21.6 Å². The smallest absolute Gasteiger partial charge is 0.242 e. The Morgan fingerprint density at radius 1 is 1.03 bits per heavy atom. The van der Waals surface area contributed by atoms with Crippen LogP contribution < -0.4 is 0 Å². The van der Waals surface area contributed by atoms with Crippen molar-refractivity contribution in [2.75, 3.05) is 20.6 Å². The van der Waals surface area contributed by atoms with E-state index in [1.54, 1.807) is 23.1 Å². The number of aromatic hydroxyl groups is 1. The molecule has 2 aromatic carbocycles. The van der Waals surface area contributed by atoms with Gasteiger partial charge in [0.05, 0.1) is 11.4 Å². The minimum absolute atomic E-state index is 0.0127. The Morgan fingerprint density at radius 2 is 1.56 bits per heavy atom. The molecule has 0 unspecified atom stereocenters. The van der Waals surface area contributed by atoms with Gasteiger partial charge in [-0.25, -0.2) is 12.7 Å². The predicted molar refractivity (Wildman–Crippen MR) is 134 cm³/mol. The van der Waals surface area contributed by atoms with Crippen molar-refractivity contribution in [3.05, 3.63) is 58.1 Å². The normalized spacial score (nSPS) is 14.6. The Hall–Kier alpha value is -2.71. The Kier molecular flexibility index (Phi) is 6.48. The number of amidine groups is 1. The van der Waals surface area contributed by atoms with Crippen LogP contribution in [0.3, 0.4) is 0 Å². The Morgan fingerprint density at radius 3 is 2.03 bits per heavy atom. The zero-order valence-electron chi connectivity index (χ0n) is 21.3. The lowest BCUT2D eigenvalue weighted by Crippen LogP contribution is -2.31. The molecule has 7 nitrogen and oxygen atoms in total. The molecule has 0 saturated heterocycles. The van der Waals surface area contributed by atoms with Gasteiger partial charge >= 0.3 is 0 Å². The molecule has 2 aromatic rings. The SMILES string of the molecule is CN(C)S(=O)(=O)c1ccc2c(c1)C(=N)N(CC(=O)c1cc(C(C)(C)C)c(O)c(C(C)(C)C)c1)C2. The molecule has 2 N–H and O–H groups in total. The van der Waals surface area contributed by atoms with Gasteiger partial charge in [0, 0.05) is 42.9 Å². The maximum Gasteiger partial charge on any atom is 0.242 e. The molecule has 1 aliphatic heterocycles. The summed E-state index contributed by atoms with van der Waals surface area (Å²) >= 11 is 0. The van der Waals surface area contributed by atoms with Gasteiger partial charge in [0.15, 0.2) is 5.78 Å². The largest absolute Gasteiger partial charge is 0.507 e. The second kappa shape index (κ2) is 8.50. The summed E-state index contributed by atoms with van der Waals surface area (Å²) in [4.78, 5) is 15.1. The van der Waals surface area contributed by atoms with Gasteiger partial charge in [-0.05, 0) is 40.7 Å². The average molecular weight is 486 g/mol. The van der Waals surface area contributed by atoms with Crippen molar-refractivity contribution in [1.82, 2.24) is 9.21 Å². The summed E-state index contributed by atoms with van der Waals surface area (Å²) in [6, 6.07) is 8.26. The van der Waals surface area contributed by atoms with Gasteiger partial charge in [0.25, 0.3) is 0 Å². The first kappa shape index (κ1) is 25.9. The van der Waals surface area contributed by atoms with E-state index in [-0.39, 0.29) is 39.6 Å². The molecular formula is C26H35N3O4S. The van der Waals surface area contributed by atoms with Gasteiger partial charge in [0.1, 0.15) is 11.6 Å². The van der Waals surface area contributed by atoms with Gasteiger partial charge in [-0.15, -0.1) is 0 Å². The molecule has 0 aliphatic carbocycles. The second-order valence-electron chi connectivity index (χ2n) is 11.2. The molecule has 0 radical (unpaired) electrons. The van der Waals surface area contributed by atoms with Crippen LogP contribution in [0.2, 0.25) is 0 Å². The van der Waals surface area contributed by atoms with E-state index in [1.165, 1.54) is 26.2 Å². The van der Waals surface area contributed by atoms with Crippen LogP contribution in [0.25, 0.3) is 0 Å². The number of fused-ring (bicyclic) bond motifs is 1. The Balaban J connectivity index is 1.94. The van der Waals surface area contributed by atoms with Crippen LogP contribution in [0, 0.1) is 5.41 Å². The van der Waals surface area contributed by atoms with Crippen molar-refractivity contribution in [2.24, 2.45) is 0 Å². The molecule has 0 saturated carbocycles. The lowest BCUT2D eigenvalue weighted by atomic mass is 9.78. The molecule has 3 rings (SSSR count). The lowest BCUT2D eigenvalue weighted by molar-refractivity contribution is 0.0962. The van der Waals surface area contributed by atoms with E-state index in [9.17, 15) is 18.3 Å². The van der Waals surface area contributed by atoms with Crippen molar-refractivity contribution in [3.63, 3.8) is 0 Å². The minimum Gasteiger partial charge on any atom is -0.507 e. The van der Waals surface area contributed by atoms with Crippen LogP contribution in [0.4, 0.5) is 0 Å². The molecule has 184 valence electrons. The van der Waals surface area contributed by atoms with E-state index in [4.69, 9.17) is 5.41 Å². The van der Waals surface area contributed by atoms with Crippen LogP contribution in [-0.2, 0) is 27.4 Å². The molecule has 8 heteroatoms. The highest BCUT2D eigenvalue weighted by Gasteiger charge is 2.31. The number of carbonyl (C=O) groups excluding carboxylic acids is 1. The van der Waals surface area contributed by atoms with Crippen LogP contribution in [0.5, 0.6) is 5.75 Å². The third-order valence-corrected chi connectivity index (χ3v) is 7.99. The summed E-state index contributed by atoms with van der Waals surface area (Å²) in [6.07, 6.45) is 0. The number of phenolic OH excluding ortho intramolecular Hbond substituents is 1. The fourth-order valence-corrected chi connectivity index (χ4v) is 5.01. The van der Waals surface area contributed by atoms with E-state index >= 15 is 0 Å². The zero-order valence-corrected chi connectivity index (χ0v) is 22.1. The molecule has 1 aliphatic rings. The summed E-state index contributed by atoms with van der Waals surface area (Å²) in [5, 5.41) is 19.5. The number of hydrogen-bond acceptors (Lipinski definition) is 5. The molecule has 0 amide bonds. The van der Waals surface area contributed by atoms with E-state index in [1.807, 2.05) is 41.5 Å². The molecule has 0 fully saturated rings. The van der Waals surface area contributed by atoms with Gasteiger partial charge in [-0.1, -0.05) is 47.6 Å². The summed E-state index contributed by atoms with van der Waals surface area (Å²) < 4.78 is 26.1. The molecular weight excluding hydrogens is 450 g/mol. The summed E-state index contributed by atoms with van der Waals surface area (Å²) in [5.41, 5.74) is 2.53. The number of phenols is 1. The topological polar surface area (TPSA) is 102 Å². The summed E-state index contributed by atoms with van der Waals surface area (Å²) in [6.45, 7) is 12.3. The Labute approximate surface area is 203 Å². The van der Waals surface area contributed by atoms with Crippen LogP contribution in [0.1, 0.15) is 74.2 Å². The highest BCUT2D eigenvalue weighted by molar-refractivity contribution is 7.89. The third kappa shape index (κ3) is 4.74. The fourth-order valence-electron chi connectivity index (χ4n) is 4.08. The summed E-state index contributed by atoms with van der Waals surface area (Å²) in [7, 11) is -0.687. The van der Waals surface area contributed by atoms with Gasteiger partial charge < -0.3 is 10.0 Å². The molecule has 0 spiro atoms. The van der Waals surface area contributed by atoms with Crippen molar-refractivity contribution in [2.45, 2.75) is 63.8 Å². The first-order valence-electron chi connectivity index (χ1n) is 11.2. The van der Waals surface area contributed by atoms with E-state index in [2.05, 4.69) is 0 Å². The molecule has 0 aromatic heterocycles. The number of benzene rings is 2. The van der Waals surface area contributed by atoms with E-state index in [0.29, 0.717) is 28.8 Å². The average Bonchev–Trinajstić information content (AvgIpc) is 3.01. The number of hydrogen-bond donors (Lipinski definition) is 2.